The summed E-state index contributed by atoms with van der Waals surface area (Å²) in [4.78, 5) is 7.25. The second-order valence-corrected chi connectivity index (χ2v) is 6.44. The molecule has 0 amide bonds. The highest BCUT2D eigenvalue weighted by molar-refractivity contribution is 5.80. The fourth-order valence-electron chi connectivity index (χ4n) is 3.35. The first kappa shape index (κ1) is 15.2. The number of benzene rings is 1. The Morgan fingerprint density at radius 1 is 1.41 bits per heavy atom. The van der Waals surface area contributed by atoms with Crippen LogP contribution in [0.1, 0.15) is 32.3 Å². The van der Waals surface area contributed by atoms with Crippen LogP contribution in [-0.4, -0.2) is 43.1 Å². The summed E-state index contributed by atoms with van der Waals surface area (Å²) in [5.74, 6) is 2.83. The van der Waals surface area contributed by atoms with Gasteiger partial charge in [-0.2, -0.15) is 0 Å². The van der Waals surface area contributed by atoms with Gasteiger partial charge in [-0.05, 0) is 37.3 Å². The number of guanidine groups is 1. The Kier molecular flexibility index (Phi) is 4.86. The molecule has 0 aromatic heterocycles. The highest BCUT2D eigenvalue weighted by atomic mass is 16.5. The fourth-order valence-corrected chi connectivity index (χ4v) is 3.35. The van der Waals surface area contributed by atoms with Crippen molar-refractivity contribution < 1.29 is 4.74 Å². The van der Waals surface area contributed by atoms with Gasteiger partial charge in [0.25, 0.3) is 0 Å². The van der Waals surface area contributed by atoms with Crippen LogP contribution in [0.2, 0.25) is 0 Å². The average Bonchev–Trinajstić information content (AvgIpc) is 2.94. The zero-order valence-corrected chi connectivity index (χ0v) is 13.7. The third-order valence-corrected chi connectivity index (χ3v) is 4.45. The molecule has 22 heavy (non-hydrogen) atoms. The number of piperidine rings is 1. The molecule has 1 aromatic carbocycles. The Morgan fingerprint density at radius 2 is 2.27 bits per heavy atom. The second kappa shape index (κ2) is 7.03. The van der Waals surface area contributed by atoms with E-state index in [4.69, 9.17) is 9.73 Å². The maximum atomic E-state index is 5.99. The number of fused-ring (bicyclic) bond motifs is 1. The minimum atomic E-state index is 0.174. The van der Waals surface area contributed by atoms with Gasteiger partial charge in [0.1, 0.15) is 11.9 Å². The fraction of sp³-hybridized carbons (Fsp3) is 0.611. The summed E-state index contributed by atoms with van der Waals surface area (Å²) in [6.45, 7) is 8.31. The number of hydrogen-bond acceptors (Lipinski definition) is 2. The third kappa shape index (κ3) is 3.54. The van der Waals surface area contributed by atoms with Gasteiger partial charge >= 0.3 is 0 Å². The smallest absolute Gasteiger partial charge is 0.194 e. The number of rotatable bonds is 3. The number of ether oxygens (including phenoxy) is 1. The Hall–Kier alpha value is -1.71. The van der Waals surface area contributed by atoms with Crippen molar-refractivity contribution in [1.29, 1.82) is 0 Å². The van der Waals surface area contributed by atoms with Crippen LogP contribution >= 0.6 is 0 Å². The molecule has 1 fully saturated rings. The minimum absolute atomic E-state index is 0.174. The largest absolute Gasteiger partial charge is 0.488 e. The van der Waals surface area contributed by atoms with Crippen LogP contribution in [0, 0.1) is 5.92 Å². The maximum Gasteiger partial charge on any atom is 0.194 e. The number of aliphatic imine (C=N–C) groups is 1. The van der Waals surface area contributed by atoms with Crippen molar-refractivity contribution in [3.05, 3.63) is 29.8 Å². The summed E-state index contributed by atoms with van der Waals surface area (Å²) >= 11 is 0. The Morgan fingerprint density at radius 3 is 3.05 bits per heavy atom. The minimum Gasteiger partial charge on any atom is -0.488 e. The van der Waals surface area contributed by atoms with Crippen molar-refractivity contribution in [3.63, 3.8) is 0 Å². The van der Waals surface area contributed by atoms with Crippen LogP contribution in [0.15, 0.2) is 29.3 Å². The molecule has 3 rings (SSSR count). The van der Waals surface area contributed by atoms with E-state index in [2.05, 4.69) is 42.3 Å². The van der Waals surface area contributed by atoms with Gasteiger partial charge in [0.2, 0.25) is 0 Å². The predicted molar refractivity (Wildman–Crippen MR) is 90.5 cm³/mol. The van der Waals surface area contributed by atoms with Gasteiger partial charge in [-0.15, -0.1) is 0 Å². The van der Waals surface area contributed by atoms with Crippen LogP contribution in [0.4, 0.5) is 0 Å². The maximum absolute atomic E-state index is 5.99. The second-order valence-electron chi connectivity index (χ2n) is 6.44. The Labute approximate surface area is 133 Å². The zero-order chi connectivity index (χ0) is 15.4. The first-order chi connectivity index (χ1) is 10.8. The van der Waals surface area contributed by atoms with Gasteiger partial charge in [0, 0.05) is 26.1 Å². The number of para-hydroxylation sites is 1. The molecule has 2 unspecified atom stereocenters. The lowest BCUT2D eigenvalue weighted by Gasteiger charge is -2.33. The lowest BCUT2D eigenvalue weighted by molar-refractivity contribution is 0.237. The van der Waals surface area contributed by atoms with E-state index >= 15 is 0 Å². The molecule has 0 saturated carbocycles. The van der Waals surface area contributed by atoms with E-state index in [-0.39, 0.29) is 6.10 Å². The number of likely N-dealkylation sites (tertiary alicyclic amines) is 1. The van der Waals surface area contributed by atoms with Crippen LogP contribution in [0.3, 0.4) is 0 Å². The van der Waals surface area contributed by atoms with E-state index in [0.29, 0.717) is 0 Å². The SMILES string of the molecule is CCNC(=NCC1Cc2ccccc2O1)N1CCCC(C)C1. The van der Waals surface area contributed by atoms with Crippen molar-refractivity contribution in [3.8, 4) is 5.75 Å². The molecule has 1 N–H and O–H groups in total. The Balaban J connectivity index is 1.61. The van der Waals surface area contributed by atoms with Gasteiger partial charge in [-0.3, -0.25) is 0 Å². The molecule has 2 aliphatic rings. The number of nitrogens with one attached hydrogen (secondary N) is 1. The highest BCUT2D eigenvalue weighted by Gasteiger charge is 2.23. The standard InChI is InChI=1S/C18H27N3O/c1-3-19-18(21-10-6-7-14(2)13-21)20-12-16-11-15-8-4-5-9-17(15)22-16/h4-5,8-9,14,16H,3,6-7,10-13H2,1-2H3,(H,19,20). The number of hydrogen-bond donors (Lipinski definition) is 1. The topological polar surface area (TPSA) is 36.9 Å². The van der Waals surface area contributed by atoms with Crippen LogP contribution in [0.25, 0.3) is 0 Å². The summed E-state index contributed by atoms with van der Waals surface area (Å²) < 4.78 is 5.99. The Bertz CT molecular complexity index is 504. The molecule has 0 bridgehead atoms. The first-order valence-corrected chi connectivity index (χ1v) is 8.54. The molecular weight excluding hydrogens is 274 g/mol. The van der Waals surface area contributed by atoms with Crippen molar-refractivity contribution in [1.82, 2.24) is 10.2 Å². The average molecular weight is 301 g/mol. The molecule has 0 spiro atoms. The molecule has 120 valence electrons. The molecular formula is C18H27N3O. The van der Waals surface area contributed by atoms with E-state index in [9.17, 15) is 0 Å². The quantitative estimate of drug-likeness (QED) is 0.689. The van der Waals surface area contributed by atoms with Crippen molar-refractivity contribution >= 4 is 5.96 Å². The first-order valence-electron chi connectivity index (χ1n) is 8.54. The van der Waals surface area contributed by atoms with Crippen LogP contribution in [0.5, 0.6) is 5.75 Å². The molecule has 1 aromatic rings. The van der Waals surface area contributed by atoms with Gasteiger partial charge in [-0.25, -0.2) is 4.99 Å². The molecule has 0 radical (unpaired) electrons. The van der Waals surface area contributed by atoms with Crippen molar-refractivity contribution in [2.24, 2.45) is 10.9 Å². The van der Waals surface area contributed by atoms with E-state index in [0.717, 1.165) is 50.2 Å². The van der Waals surface area contributed by atoms with E-state index < -0.39 is 0 Å². The third-order valence-electron chi connectivity index (χ3n) is 4.45. The van der Waals surface area contributed by atoms with Gasteiger partial charge in [-0.1, -0.05) is 25.1 Å². The summed E-state index contributed by atoms with van der Waals surface area (Å²) in [6, 6.07) is 8.31. The van der Waals surface area contributed by atoms with Crippen LogP contribution in [-0.2, 0) is 6.42 Å². The summed E-state index contributed by atoms with van der Waals surface area (Å²) in [5.41, 5.74) is 1.30. The highest BCUT2D eigenvalue weighted by Crippen LogP contribution is 2.28. The molecule has 2 atom stereocenters. The lowest BCUT2D eigenvalue weighted by atomic mass is 10.0. The molecule has 2 heterocycles. The van der Waals surface area contributed by atoms with Gasteiger partial charge < -0.3 is 15.0 Å². The molecule has 1 saturated heterocycles. The molecule has 4 nitrogen and oxygen atoms in total. The predicted octanol–water partition coefficient (Wildman–Crippen LogP) is 2.69. The van der Waals surface area contributed by atoms with Crippen molar-refractivity contribution in [2.45, 2.75) is 39.2 Å². The van der Waals surface area contributed by atoms with E-state index in [1.165, 1.54) is 18.4 Å². The number of nitrogens with zero attached hydrogens (tertiary/aromatic N) is 2. The van der Waals surface area contributed by atoms with Crippen LogP contribution < -0.4 is 10.1 Å². The molecule has 0 aliphatic carbocycles. The normalized spacial score (nSPS) is 24.8. The van der Waals surface area contributed by atoms with E-state index in [1.54, 1.807) is 0 Å². The van der Waals surface area contributed by atoms with Gasteiger partial charge in [0.05, 0.1) is 6.54 Å². The monoisotopic (exact) mass is 301 g/mol. The zero-order valence-electron chi connectivity index (χ0n) is 13.7. The molecule has 2 aliphatic heterocycles. The molecule has 4 heteroatoms. The lowest BCUT2D eigenvalue weighted by Crippen LogP contribution is -2.46. The van der Waals surface area contributed by atoms with E-state index in [1.807, 2.05) is 6.07 Å². The summed E-state index contributed by atoms with van der Waals surface area (Å²) in [5, 5.41) is 3.44. The van der Waals surface area contributed by atoms with Gasteiger partial charge in [0.15, 0.2) is 5.96 Å². The summed E-state index contributed by atoms with van der Waals surface area (Å²) in [7, 11) is 0. The summed E-state index contributed by atoms with van der Waals surface area (Å²) in [6.07, 6.45) is 3.73. The van der Waals surface area contributed by atoms with Crippen molar-refractivity contribution in [2.75, 3.05) is 26.2 Å².